The van der Waals surface area contributed by atoms with E-state index < -0.39 is 11.9 Å². The number of carboxylic acid groups (broad SMARTS) is 1. The number of ketones is 1. The van der Waals surface area contributed by atoms with Crippen molar-refractivity contribution in [2.45, 2.75) is 39.5 Å². The maximum atomic E-state index is 11.5. The van der Waals surface area contributed by atoms with Crippen LogP contribution in [0.5, 0.6) is 0 Å². The minimum atomic E-state index is -0.863. The third-order valence-electron chi connectivity index (χ3n) is 3.38. The summed E-state index contributed by atoms with van der Waals surface area (Å²) in [5.41, 5.74) is 1.30. The molecule has 5 nitrogen and oxygen atoms in total. The summed E-state index contributed by atoms with van der Waals surface area (Å²) in [6, 6.07) is 6.77. The van der Waals surface area contributed by atoms with Gasteiger partial charge in [0, 0.05) is 6.42 Å². The van der Waals surface area contributed by atoms with Crippen LogP contribution in [0.3, 0.4) is 0 Å². The average Bonchev–Trinajstić information content (AvgIpc) is 2.46. The molecule has 120 valence electrons. The molecule has 0 spiro atoms. The van der Waals surface area contributed by atoms with Gasteiger partial charge >= 0.3 is 11.9 Å². The highest BCUT2D eigenvalue weighted by Gasteiger charge is 2.18. The zero-order valence-corrected chi connectivity index (χ0v) is 13.0. The molecule has 1 atom stereocenters. The first-order valence-electron chi connectivity index (χ1n) is 7.42. The monoisotopic (exact) mass is 306 g/mol. The summed E-state index contributed by atoms with van der Waals surface area (Å²) in [7, 11) is 0. The Hall–Kier alpha value is -2.17. The van der Waals surface area contributed by atoms with Crippen molar-refractivity contribution in [3.63, 3.8) is 0 Å². The van der Waals surface area contributed by atoms with E-state index in [9.17, 15) is 19.5 Å². The van der Waals surface area contributed by atoms with Crippen LogP contribution in [0.25, 0.3) is 0 Å². The third-order valence-corrected chi connectivity index (χ3v) is 3.38. The van der Waals surface area contributed by atoms with Gasteiger partial charge in [-0.05, 0) is 50.8 Å². The lowest BCUT2D eigenvalue weighted by atomic mass is 9.93. The third kappa shape index (κ3) is 6.08. The van der Waals surface area contributed by atoms with E-state index >= 15 is 0 Å². The zero-order chi connectivity index (χ0) is 16.5. The van der Waals surface area contributed by atoms with Crippen LogP contribution < -0.4 is 0 Å². The van der Waals surface area contributed by atoms with Crippen LogP contribution >= 0.6 is 0 Å². The summed E-state index contributed by atoms with van der Waals surface area (Å²) in [6.45, 7) is 3.56. The number of carboxylic acids is 1. The lowest BCUT2D eigenvalue weighted by Crippen LogP contribution is -2.17. The van der Waals surface area contributed by atoms with Crippen molar-refractivity contribution in [3.05, 3.63) is 35.4 Å². The molecule has 0 aliphatic carbocycles. The van der Waals surface area contributed by atoms with Crippen LogP contribution in [0.4, 0.5) is 0 Å². The Morgan fingerprint density at radius 2 is 1.82 bits per heavy atom. The molecule has 0 fully saturated rings. The Labute approximate surface area is 130 Å². The molecule has 1 N–H and O–H groups in total. The summed E-state index contributed by atoms with van der Waals surface area (Å²) < 4.78 is 4.90. The summed E-state index contributed by atoms with van der Waals surface area (Å²) in [6.07, 6.45) is 1.84. The lowest BCUT2D eigenvalue weighted by molar-refractivity contribution is -0.142. The molecule has 0 saturated heterocycles. The van der Waals surface area contributed by atoms with Gasteiger partial charge in [-0.15, -0.1) is 0 Å². The van der Waals surface area contributed by atoms with Gasteiger partial charge < -0.3 is 14.6 Å². The zero-order valence-electron chi connectivity index (χ0n) is 13.0. The number of benzene rings is 1. The first-order valence-corrected chi connectivity index (χ1v) is 7.42. The fourth-order valence-electron chi connectivity index (χ4n) is 2.19. The standard InChI is InChI=1S/C17H22O5/c1-3-22-17(21)14-9-7-13(8-10-14)11-15(16(19)20)6-4-5-12(2)18/h7-10,15H,3-6,11H2,1-2H3,(H,19,20). The van der Waals surface area contributed by atoms with Crippen molar-refractivity contribution in [2.24, 2.45) is 5.92 Å². The molecule has 5 heteroatoms. The predicted molar refractivity (Wildman–Crippen MR) is 81.8 cm³/mol. The van der Waals surface area contributed by atoms with Crippen molar-refractivity contribution in [1.82, 2.24) is 0 Å². The van der Waals surface area contributed by atoms with Gasteiger partial charge in [-0.25, -0.2) is 4.79 Å². The number of esters is 1. The highest BCUT2D eigenvalue weighted by atomic mass is 16.5. The van der Waals surface area contributed by atoms with Gasteiger partial charge in [-0.1, -0.05) is 12.1 Å². The number of hydrogen-bond acceptors (Lipinski definition) is 4. The maximum Gasteiger partial charge on any atom is 0.338 e. The highest BCUT2D eigenvalue weighted by Crippen LogP contribution is 2.17. The summed E-state index contributed by atoms with van der Waals surface area (Å²) in [5.74, 6) is -1.70. The number of hydrogen-bond donors (Lipinski definition) is 1. The molecule has 1 aromatic rings. The molecule has 0 heterocycles. The number of carbonyl (C=O) groups is 3. The molecule has 1 rings (SSSR count). The van der Waals surface area contributed by atoms with E-state index in [0.717, 1.165) is 5.56 Å². The fraction of sp³-hybridized carbons (Fsp3) is 0.471. The molecule has 0 aliphatic rings. The van der Waals surface area contributed by atoms with E-state index in [2.05, 4.69) is 0 Å². The molecule has 22 heavy (non-hydrogen) atoms. The van der Waals surface area contributed by atoms with Gasteiger partial charge in [0.1, 0.15) is 5.78 Å². The van der Waals surface area contributed by atoms with Gasteiger partial charge in [0.15, 0.2) is 0 Å². The van der Waals surface area contributed by atoms with E-state index in [1.807, 2.05) is 0 Å². The van der Waals surface area contributed by atoms with Gasteiger partial charge in [-0.2, -0.15) is 0 Å². The molecule has 0 aromatic heterocycles. The second-order valence-electron chi connectivity index (χ2n) is 5.25. The van der Waals surface area contributed by atoms with Gasteiger partial charge in [-0.3, -0.25) is 4.79 Å². The summed E-state index contributed by atoms with van der Waals surface area (Å²) in [4.78, 5) is 33.7. The second kappa shape index (κ2) is 8.97. The van der Waals surface area contributed by atoms with E-state index in [4.69, 9.17) is 4.74 Å². The number of rotatable bonds is 9. The Kier molecular flexibility index (Phi) is 7.29. The second-order valence-corrected chi connectivity index (χ2v) is 5.25. The first-order chi connectivity index (χ1) is 10.4. The number of Topliss-reactive ketones (excluding diaryl/α,β-unsaturated/α-hetero) is 1. The topological polar surface area (TPSA) is 80.7 Å². The Morgan fingerprint density at radius 3 is 2.32 bits per heavy atom. The minimum Gasteiger partial charge on any atom is -0.481 e. The average molecular weight is 306 g/mol. The normalized spacial score (nSPS) is 11.7. The van der Waals surface area contributed by atoms with E-state index in [-0.39, 0.29) is 11.8 Å². The summed E-state index contributed by atoms with van der Waals surface area (Å²) in [5, 5.41) is 9.25. The maximum absolute atomic E-state index is 11.5. The van der Waals surface area contributed by atoms with E-state index in [1.165, 1.54) is 6.92 Å². The molecule has 0 aliphatic heterocycles. The molecule has 1 aromatic carbocycles. The number of carbonyl (C=O) groups excluding carboxylic acids is 2. The fourth-order valence-corrected chi connectivity index (χ4v) is 2.19. The van der Waals surface area contributed by atoms with Crippen LogP contribution in [-0.4, -0.2) is 29.4 Å². The smallest absolute Gasteiger partial charge is 0.338 e. The van der Waals surface area contributed by atoms with Crippen molar-refractivity contribution in [2.75, 3.05) is 6.61 Å². The number of ether oxygens (including phenoxy) is 1. The van der Waals surface area contributed by atoms with Crippen molar-refractivity contribution in [3.8, 4) is 0 Å². The van der Waals surface area contributed by atoms with Gasteiger partial charge in [0.2, 0.25) is 0 Å². The molecule has 0 saturated carbocycles. The van der Waals surface area contributed by atoms with Crippen molar-refractivity contribution in [1.29, 1.82) is 0 Å². The van der Waals surface area contributed by atoms with Crippen molar-refractivity contribution >= 4 is 17.7 Å². The van der Waals surface area contributed by atoms with Crippen molar-refractivity contribution < 1.29 is 24.2 Å². The quantitative estimate of drug-likeness (QED) is 0.709. The Morgan fingerprint density at radius 1 is 1.18 bits per heavy atom. The Balaban J connectivity index is 2.63. The molecular formula is C17H22O5. The van der Waals surface area contributed by atoms with Gasteiger partial charge in [0.05, 0.1) is 18.1 Å². The summed E-state index contributed by atoms with van der Waals surface area (Å²) >= 11 is 0. The highest BCUT2D eigenvalue weighted by molar-refractivity contribution is 5.89. The van der Waals surface area contributed by atoms with Crippen LogP contribution in [0.2, 0.25) is 0 Å². The lowest BCUT2D eigenvalue weighted by Gasteiger charge is -2.12. The molecule has 0 bridgehead atoms. The predicted octanol–water partition coefficient (Wildman–Crippen LogP) is 2.87. The SMILES string of the molecule is CCOC(=O)c1ccc(CC(CCCC(C)=O)C(=O)O)cc1. The molecule has 0 radical (unpaired) electrons. The van der Waals surface area contributed by atoms with Crippen LogP contribution in [-0.2, 0) is 20.7 Å². The van der Waals surface area contributed by atoms with E-state index in [1.54, 1.807) is 31.2 Å². The molecule has 1 unspecified atom stereocenters. The molecular weight excluding hydrogens is 284 g/mol. The van der Waals surface area contributed by atoms with Crippen LogP contribution in [0.1, 0.15) is 49.0 Å². The molecule has 0 amide bonds. The van der Waals surface area contributed by atoms with Crippen LogP contribution in [0, 0.1) is 5.92 Å². The Bertz CT molecular complexity index is 518. The largest absolute Gasteiger partial charge is 0.481 e. The van der Waals surface area contributed by atoms with E-state index in [0.29, 0.717) is 37.9 Å². The van der Waals surface area contributed by atoms with Gasteiger partial charge in [0.25, 0.3) is 0 Å². The first kappa shape index (κ1) is 17.9. The van der Waals surface area contributed by atoms with Crippen LogP contribution in [0.15, 0.2) is 24.3 Å². The minimum absolute atomic E-state index is 0.0722. The number of aliphatic carboxylic acids is 1.